The van der Waals surface area contributed by atoms with Crippen molar-refractivity contribution in [2.24, 2.45) is 7.05 Å². The average Bonchev–Trinajstić information content (AvgIpc) is 2.96. The van der Waals surface area contributed by atoms with E-state index in [4.69, 9.17) is 0 Å². The first kappa shape index (κ1) is 10.5. The van der Waals surface area contributed by atoms with Gasteiger partial charge in [-0.25, -0.2) is 4.68 Å². The molecule has 2 heterocycles. The third-order valence-electron chi connectivity index (χ3n) is 2.62. The van der Waals surface area contributed by atoms with Gasteiger partial charge in [0.1, 0.15) is 6.33 Å². The Balaban J connectivity index is 1.95. The highest BCUT2D eigenvalue weighted by Crippen LogP contribution is 2.15. The molecule has 7 heteroatoms. The lowest BCUT2D eigenvalue weighted by molar-refractivity contribution is 0.102. The monoisotopic (exact) mass is 242 g/mol. The lowest BCUT2D eigenvalue weighted by atomic mass is 10.2. The van der Waals surface area contributed by atoms with E-state index in [9.17, 15) is 4.79 Å². The van der Waals surface area contributed by atoms with Gasteiger partial charge >= 0.3 is 0 Å². The Morgan fingerprint density at radius 1 is 1.39 bits per heavy atom. The molecule has 3 aromatic rings. The van der Waals surface area contributed by atoms with E-state index in [2.05, 4.69) is 25.6 Å². The quantitative estimate of drug-likeness (QED) is 0.700. The fourth-order valence-electron chi connectivity index (χ4n) is 1.71. The van der Waals surface area contributed by atoms with Crippen molar-refractivity contribution in [1.29, 1.82) is 0 Å². The van der Waals surface area contributed by atoms with Crippen LogP contribution in [-0.2, 0) is 7.05 Å². The topological polar surface area (TPSA) is 88.5 Å². The lowest BCUT2D eigenvalue weighted by Crippen LogP contribution is -2.16. The molecule has 0 saturated heterocycles. The van der Waals surface area contributed by atoms with Crippen molar-refractivity contribution in [3.05, 3.63) is 36.3 Å². The second-order valence-corrected chi connectivity index (χ2v) is 3.78. The molecule has 0 radical (unpaired) electrons. The van der Waals surface area contributed by atoms with Crippen LogP contribution in [0.2, 0.25) is 0 Å². The molecule has 0 aliphatic rings. The number of fused-ring (bicyclic) bond motifs is 1. The number of aromatic nitrogens is 5. The van der Waals surface area contributed by atoms with Gasteiger partial charge in [-0.05, 0) is 6.07 Å². The Hall–Kier alpha value is -2.70. The highest BCUT2D eigenvalue weighted by molar-refractivity contribution is 6.10. The van der Waals surface area contributed by atoms with Gasteiger partial charge < -0.3 is 0 Å². The third-order valence-corrected chi connectivity index (χ3v) is 2.62. The Kier molecular flexibility index (Phi) is 2.30. The highest BCUT2D eigenvalue weighted by Gasteiger charge is 2.15. The normalized spacial score (nSPS) is 10.7. The molecule has 0 unspecified atom stereocenters. The number of anilines is 1. The van der Waals surface area contributed by atoms with E-state index in [-0.39, 0.29) is 5.91 Å². The summed E-state index contributed by atoms with van der Waals surface area (Å²) in [5, 5.41) is 14.1. The van der Waals surface area contributed by atoms with Crippen molar-refractivity contribution in [2.45, 2.75) is 0 Å². The van der Waals surface area contributed by atoms with Crippen molar-refractivity contribution < 1.29 is 4.79 Å². The molecule has 1 aromatic carbocycles. The van der Waals surface area contributed by atoms with Crippen molar-refractivity contribution >= 4 is 22.8 Å². The number of nitrogens with one attached hydrogen (secondary N) is 2. The minimum absolute atomic E-state index is 0.316. The SMILES string of the molecule is Cn1ncnc1NC(=O)c1n[nH]c2ccccc12. The third kappa shape index (κ3) is 1.61. The fraction of sp³-hybridized carbons (Fsp3) is 0.0909. The van der Waals surface area contributed by atoms with Crippen molar-refractivity contribution in [3.63, 3.8) is 0 Å². The molecule has 1 amide bonds. The Bertz CT molecular complexity index is 713. The predicted octanol–water partition coefficient (Wildman–Crippen LogP) is 0.944. The van der Waals surface area contributed by atoms with Crippen molar-refractivity contribution in [1.82, 2.24) is 25.0 Å². The average molecular weight is 242 g/mol. The lowest BCUT2D eigenvalue weighted by Gasteiger charge is -2.01. The van der Waals surface area contributed by atoms with Crippen LogP contribution in [0.1, 0.15) is 10.5 Å². The molecular weight excluding hydrogens is 232 g/mol. The van der Waals surface area contributed by atoms with Crippen LogP contribution < -0.4 is 5.32 Å². The van der Waals surface area contributed by atoms with E-state index in [0.717, 1.165) is 10.9 Å². The van der Waals surface area contributed by atoms with Crippen LogP contribution in [0.25, 0.3) is 10.9 Å². The molecule has 0 fully saturated rings. The molecule has 90 valence electrons. The molecule has 0 bridgehead atoms. The number of amides is 1. The molecular formula is C11H10N6O. The number of aromatic amines is 1. The molecule has 0 aliphatic heterocycles. The van der Waals surface area contributed by atoms with E-state index in [1.54, 1.807) is 7.05 Å². The standard InChI is InChI=1S/C11H10N6O/c1-17-11(12-6-13-17)14-10(18)9-7-4-2-3-5-8(7)15-16-9/h2-6H,1H3,(H,15,16)(H,12,13,14,18). The highest BCUT2D eigenvalue weighted by atomic mass is 16.2. The molecule has 0 aliphatic carbocycles. The first-order chi connectivity index (χ1) is 8.75. The molecule has 0 saturated carbocycles. The van der Waals surface area contributed by atoms with Crippen LogP contribution in [0, 0.1) is 0 Å². The van der Waals surface area contributed by atoms with Gasteiger partial charge in [-0.2, -0.15) is 15.2 Å². The summed E-state index contributed by atoms with van der Waals surface area (Å²) >= 11 is 0. The molecule has 0 atom stereocenters. The number of benzene rings is 1. The zero-order valence-electron chi connectivity index (χ0n) is 9.58. The van der Waals surface area contributed by atoms with E-state index >= 15 is 0 Å². The predicted molar refractivity (Wildman–Crippen MR) is 65.0 cm³/mol. The number of hydrogen-bond donors (Lipinski definition) is 2. The maximum atomic E-state index is 12.1. The van der Waals surface area contributed by atoms with Crippen LogP contribution >= 0.6 is 0 Å². The maximum Gasteiger partial charge on any atom is 0.279 e. The van der Waals surface area contributed by atoms with Gasteiger partial charge in [-0.15, -0.1) is 0 Å². The van der Waals surface area contributed by atoms with Gasteiger partial charge in [0.25, 0.3) is 5.91 Å². The summed E-state index contributed by atoms with van der Waals surface area (Å²) in [5.41, 5.74) is 1.16. The van der Waals surface area contributed by atoms with E-state index in [1.165, 1.54) is 11.0 Å². The van der Waals surface area contributed by atoms with Gasteiger partial charge in [-0.3, -0.25) is 15.2 Å². The van der Waals surface area contributed by atoms with Gasteiger partial charge in [-0.1, -0.05) is 18.2 Å². The summed E-state index contributed by atoms with van der Waals surface area (Å²) in [6, 6.07) is 7.44. The van der Waals surface area contributed by atoms with Gasteiger partial charge in [0.15, 0.2) is 5.69 Å². The summed E-state index contributed by atoms with van der Waals surface area (Å²) < 4.78 is 1.48. The molecule has 3 rings (SSSR count). The summed E-state index contributed by atoms with van der Waals surface area (Å²) in [4.78, 5) is 16.0. The molecule has 7 nitrogen and oxygen atoms in total. The Labute approximate surface area is 102 Å². The zero-order valence-corrected chi connectivity index (χ0v) is 9.58. The van der Waals surface area contributed by atoms with Crippen LogP contribution in [0.3, 0.4) is 0 Å². The zero-order chi connectivity index (χ0) is 12.5. The first-order valence-electron chi connectivity index (χ1n) is 5.34. The van der Waals surface area contributed by atoms with Crippen LogP contribution in [0.15, 0.2) is 30.6 Å². The number of H-pyrrole nitrogens is 1. The number of carbonyl (C=O) groups excluding carboxylic acids is 1. The largest absolute Gasteiger partial charge is 0.289 e. The van der Waals surface area contributed by atoms with E-state index in [1.807, 2.05) is 24.3 Å². The second-order valence-electron chi connectivity index (χ2n) is 3.78. The number of nitrogens with zero attached hydrogens (tertiary/aromatic N) is 4. The number of aryl methyl sites for hydroxylation is 1. The van der Waals surface area contributed by atoms with Gasteiger partial charge in [0.05, 0.1) is 5.52 Å². The Morgan fingerprint density at radius 3 is 3.00 bits per heavy atom. The van der Waals surface area contributed by atoms with Gasteiger partial charge in [0, 0.05) is 12.4 Å². The summed E-state index contributed by atoms with van der Waals surface area (Å²) in [7, 11) is 1.70. The van der Waals surface area contributed by atoms with Crippen molar-refractivity contribution in [3.8, 4) is 0 Å². The number of rotatable bonds is 2. The first-order valence-corrected chi connectivity index (χ1v) is 5.34. The number of carbonyl (C=O) groups is 1. The second kappa shape index (κ2) is 3.95. The minimum Gasteiger partial charge on any atom is -0.289 e. The molecule has 2 aromatic heterocycles. The van der Waals surface area contributed by atoms with Crippen LogP contribution in [-0.4, -0.2) is 30.9 Å². The number of hydrogen-bond acceptors (Lipinski definition) is 4. The number of para-hydroxylation sites is 1. The molecule has 0 spiro atoms. The van der Waals surface area contributed by atoms with Crippen LogP contribution in [0.4, 0.5) is 5.95 Å². The summed E-state index contributed by atoms with van der Waals surface area (Å²) in [6.45, 7) is 0. The smallest absolute Gasteiger partial charge is 0.279 e. The van der Waals surface area contributed by atoms with E-state index in [0.29, 0.717) is 11.6 Å². The summed E-state index contributed by atoms with van der Waals surface area (Å²) in [5.74, 6) is 0.0654. The molecule has 2 N–H and O–H groups in total. The van der Waals surface area contributed by atoms with Crippen LogP contribution in [0.5, 0.6) is 0 Å². The van der Waals surface area contributed by atoms with E-state index < -0.39 is 0 Å². The summed E-state index contributed by atoms with van der Waals surface area (Å²) in [6.07, 6.45) is 1.37. The maximum absolute atomic E-state index is 12.1. The fourth-order valence-corrected chi connectivity index (χ4v) is 1.71. The van der Waals surface area contributed by atoms with Crippen molar-refractivity contribution in [2.75, 3.05) is 5.32 Å². The Morgan fingerprint density at radius 2 is 2.22 bits per heavy atom. The van der Waals surface area contributed by atoms with Gasteiger partial charge in [0.2, 0.25) is 5.95 Å². The minimum atomic E-state index is -0.316. The molecule has 18 heavy (non-hydrogen) atoms.